The second-order valence-corrected chi connectivity index (χ2v) is 8.06. The first-order valence-corrected chi connectivity index (χ1v) is 9.92. The highest BCUT2D eigenvalue weighted by molar-refractivity contribution is 6.33. The average molecular weight is 465 g/mol. The number of halogens is 6. The molecule has 0 unspecified atom stereocenters. The molecule has 30 heavy (non-hydrogen) atoms. The Kier molecular flexibility index (Phi) is 6.60. The van der Waals surface area contributed by atoms with Gasteiger partial charge in [0.2, 0.25) is 0 Å². The van der Waals surface area contributed by atoms with Crippen LogP contribution in [0.15, 0.2) is 36.4 Å². The summed E-state index contributed by atoms with van der Waals surface area (Å²) in [6.45, 7) is 0. The molecule has 1 heterocycles. The number of alkyl halides is 4. The van der Waals surface area contributed by atoms with Crippen molar-refractivity contribution in [2.75, 3.05) is 0 Å². The van der Waals surface area contributed by atoms with Crippen LogP contribution in [-0.4, -0.2) is 27.8 Å². The molecular formula is C20H18Cl2F4N2O2. The summed E-state index contributed by atoms with van der Waals surface area (Å²) < 4.78 is 52.8. The van der Waals surface area contributed by atoms with E-state index in [9.17, 15) is 27.5 Å². The van der Waals surface area contributed by atoms with E-state index in [1.807, 2.05) is 0 Å². The van der Waals surface area contributed by atoms with Gasteiger partial charge in [-0.2, -0.15) is 13.2 Å². The maximum Gasteiger partial charge on any atom is 0.416 e. The second kappa shape index (κ2) is 8.69. The van der Waals surface area contributed by atoms with Crippen molar-refractivity contribution in [3.05, 3.63) is 63.4 Å². The second-order valence-electron chi connectivity index (χ2n) is 7.26. The Balaban J connectivity index is 1.97. The van der Waals surface area contributed by atoms with Crippen LogP contribution in [0.1, 0.15) is 53.3 Å². The minimum atomic E-state index is -4.66. The minimum absolute atomic E-state index is 0.0314. The van der Waals surface area contributed by atoms with Crippen LogP contribution in [0.3, 0.4) is 0 Å². The normalized spacial score (nSPS) is 23.1. The molecule has 1 fully saturated rings. The lowest BCUT2D eigenvalue weighted by Crippen LogP contribution is -2.49. The zero-order chi connectivity index (χ0) is 22.1. The van der Waals surface area contributed by atoms with Crippen LogP contribution in [-0.2, 0) is 6.18 Å². The van der Waals surface area contributed by atoms with Gasteiger partial charge in [-0.25, -0.2) is 9.37 Å². The zero-order valence-corrected chi connectivity index (χ0v) is 17.0. The fraction of sp³-hybridized carbons (Fsp3) is 0.400. The van der Waals surface area contributed by atoms with Gasteiger partial charge in [-0.1, -0.05) is 29.3 Å². The summed E-state index contributed by atoms with van der Waals surface area (Å²) in [5.41, 5.74) is -2.78. The van der Waals surface area contributed by atoms with E-state index in [0.29, 0.717) is 6.07 Å². The number of nitrogens with zero attached hydrogens (tertiary/aromatic N) is 1. The van der Waals surface area contributed by atoms with Gasteiger partial charge in [0.15, 0.2) is 0 Å². The Labute approximate surface area is 180 Å². The zero-order valence-electron chi connectivity index (χ0n) is 15.5. The van der Waals surface area contributed by atoms with Crippen LogP contribution in [0, 0.1) is 0 Å². The average Bonchev–Trinajstić information content (AvgIpc) is 2.67. The molecule has 10 heteroatoms. The summed E-state index contributed by atoms with van der Waals surface area (Å²) in [7, 11) is 0. The summed E-state index contributed by atoms with van der Waals surface area (Å²) in [5.74, 6) is -0.923. The molecule has 0 spiro atoms. The number of hydrogen-bond donors (Lipinski definition) is 2. The Bertz CT molecular complexity index is 931. The van der Waals surface area contributed by atoms with Crippen molar-refractivity contribution < 1.29 is 27.5 Å². The number of aromatic nitrogens is 1. The monoisotopic (exact) mass is 464 g/mol. The third kappa shape index (κ3) is 5.04. The van der Waals surface area contributed by atoms with E-state index >= 15 is 0 Å². The number of benzene rings is 1. The van der Waals surface area contributed by atoms with Crippen molar-refractivity contribution in [3.8, 4) is 0 Å². The quantitative estimate of drug-likeness (QED) is 0.462. The number of pyridine rings is 1. The molecule has 1 aliphatic rings. The van der Waals surface area contributed by atoms with Crippen LogP contribution >= 0.6 is 23.2 Å². The van der Waals surface area contributed by atoms with Gasteiger partial charge in [0.05, 0.1) is 27.4 Å². The molecule has 0 bridgehead atoms. The van der Waals surface area contributed by atoms with E-state index in [1.54, 1.807) is 6.07 Å². The van der Waals surface area contributed by atoms with Crippen molar-refractivity contribution in [2.24, 2.45) is 0 Å². The highest BCUT2D eigenvalue weighted by Crippen LogP contribution is 2.40. The predicted octanol–water partition coefficient (Wildman–Crippen LogP) is 5.52. The van der Waals surface area contributed by atoms with Crippen LogP contribution in [0.2, 0.25) is 10.2 Å². The van der Waals surface area contributed by atoms with Crippen LogP contribution in [0.4, 0.5) is 17.6 Å². The van der Waals surface area contributed by atoms with Crippen LogP contribution in [0.5, 0.6) is 0 Å². The van der Waals surface area contributed by atoms with Crippen LogP contribution < -0.4 is 5.32 Å². The number of carbonyl (C=O) groups is 1. The Morgan fingerprint density at radius 2 is 1.87 bits per heavy atom. The van der Waals surface area contributed by atoms with Gasteiger partial charge in [0.25, 0.3) is 5.91 Å². The van der Waals surface area contributed by atoms with E-state index in [2.05, 4.69) is 10.3 Å². The lowest BCUT2D eigenvalue weighted by atomic mass is 9.77. The van der Waals surface area contributed by atoms with Crippen molar-refractivity contribution >= 4 is 29.1 Å². The summed E-state index contributed by atoms with van der Waals surface area (Å²) in [6.07, 6.45) is -5.52. The Morgan fingerprint density at radius 1 is 1.20 bits per heavy atom. The molecule has 1 amide bonds. The molecule has 1 atom stereocenters. The third-order valence-electron chi connectivity index (χ3n) is 5.16. The maximum absolute atomic E-state index is 13.6. The molecule has 162 valence electrons. The standard InChI is InChI=1S/C20H18Cl2F4N2O2/c21-14-5-4-11(20(24,25)26)10-13(14)18(29)28-17(15-2-1-3-16(22)27-15)19(30)8-6-12(23)7-9-19/h1-5,10,12,17,30H,6-9H2,(H,28,29)/t12-,17-,19+/m0/s1. The van der Waals surface area contributed by atoms with Gasteiger partial charge in [-0.15, -0.1) is 0 Å². The Hall–Kier alpha value is -1.90. The Morgan fingerprint density at radius 3 is 2.47 bits per heavy atom. The topological polar surface area (TPSA) is 62.2 Å². The third-order valence-corrected chi connectivity index (χ3v) is 5.70. The molecule has 0 radical (unpaired) electrons. The highest BCUT2D eigenvalue weighted by atomic mass is 35.5. The molecular weight excluding hydrogens is 447 g/mol. The number of rotatable bonds is 4. The van der Waals surface area contributed by atoms with Gasteiger partial charge in [0, 0.05) is 0 Å². The molecule has 2 aromatic rings. The number of hydrogen-bond acceptors (Lipinski definition) is 3. The molecule has 1 aliphatic carbocycles. The largest absolute Gasteiger partial charge is 0.416 e. The van der Waals surface area contributed by atoms with E-state index in [-0.39, 0.29) is 41.6 Å². The SMILES string of the molecule is O=C(N[C@@H](c1cccc(Cl)n1)[C@]1(O)CC[C@@H](F)CC1)c1cc(C(F)(F)F)ccc1Cl. The summed E-state index contributed by atoms with van der Waals surface area (Å²) >= 11 is 11.9. The molecule has 1 aromatic carbocycles. The van der Waals surface area contributed by atoms with Crippen molar-refractivity contribution in [2.45, 2.75) is 49.7 Å². The van der Waals surface area contributed by atoms with Crippen LogP contribution in [0.25, 0.3) is 0 Å². The first-order valence-electron chi connectivity index (χ1n) is 9.16. The van der Waals surface area contributed by atoms with E-state index in [0.717, 1.165) is 12.1 Å². The van der Waals surface area contributed by atoms with Gasteiger partial charge < -0.3 is 10.4 Å². The molecule has 1 saturated carbocycles. The van der Waals surface area contributed by atoms with E-state index in [4.69, 9.17) is 23.2 Å². The van der Waals surface area contributed by atoms with Crippen molar-refractivity contribution in [3.63, 3.8) is 0 Å². The summed E-state index contributed by atoms with van der Waals surface area (Å²) in [5, 5.41) is 13.6. The van der Waals surface area contributed by atoms with Gasteiger partial charge >= 0.3 is 6.18 Å². The number of nitrogens with one attached hydrogen (secondary N) is 1. The maximum atomic E-state index is 13.6. The molecule has 4 nitrogen and oxygen atoms in total. The van der Waals surface area contributed by atoms with Gasteiger partial charge in [-0.3, -0.25) is 4.79 Å². The lowest BCUT2D eigenvalue weighted by molar-refractivity contribution is -0.137. The van der Waals surface area contributed by atoms with Gasteiger partial charge in [-0.05, 0) is 56.0 Å². The summed E-state index contributed by atoms with van der Waals surface area (Å²) in [6, 6.07) is 5.84. The molecule has 0 saturated heterocycles. The van der Waals surface area contributed by atoms with Crippen molar-refractivity contribution in [1.29, 1.82) is 0 Å². The minimum Gasteiger partial charge on any atom is -0.387 e. The lowest BCUT2D eigenvalue weighted by Gasteiger charge is -2.40. The fourth-order valence-electron chi connectivity index (χ4n) is 3.52. The van der Waals surface area contributed by atoms with E-state index < -0.39 is 41.0 Å². The van der Waals surface area contributed by atoms with Crippen molar-refractivity contribution in [1.82, 2.24) is 10.3 Å². The van der Waals surface area contributed by atoms with Gasteiger partial charge in [0.1, 0.15) is 17.4 Å². The summed E-state index contributed by atoms with van der Waals surface area (Å²) in [4.78, 5) is 17.0. The molecule has 1 aromatic heterocycles. The first-order chi connectivity index (χ1) is 14.0. The van der Waals surface area contributed by atoms with E-state index in [1.165, 1.54) is 12.1 Å². The molecule has 3 rings (SSSR count). The number of carbonyl (C=O) groups excluding carboxylic acids is 1. The first kappa shape index (κ1) is 22.8. The predicted molar refractivity (Wildman–Crippen MR) is 104 cm³/mol. The number of amides is 1. The fourth-order valence-corrected chi connectivity index (χ4v) is 3.90. The highest BCUT2D eigenvalue weighted by Gasteiger charge is 2.43. The molecule has 0 aliphatic heterocycles. The smallest absolute Gasteiger partial charge is 0.387 e. The number of aliphatic hydroxyl groups is 1. The molecule has 2 N–H and O–H groups in total.